The second-order valence-electron chi connectivity index (χ2n) is 7.79. The molecule has 0 saturated heterocycles. The zero-order valence-corrected chi connectivity index (χ0v) is 22.5. The SMILES string of the molecule is CCOC(=O)C1=C(C)NC(=O)N[C@@H]1c1ccc(OCC(=O)N/N=C/c2cc(Cl)cc(Cl)c2OC)c(OC)c1. The van der Waals surface area contributed by atoms with Gasteiger partial charge in [-0.3, -0.25) is 4.79 Å². The second-order valence-corrected chi connectivity index (χ2v) is 8.64. The number of hydrogen-bond donors (Lipinski definition) is 3. The van der Waals surface area contributed by atoms with E-state index in [9.17, 15) is 14.4 Å². The van der Waals surface area contributed by atoms with Gasteiger partial charge in [0.05, 0.1) is 43.7 Å². The first-order valence-corrected chi connectivity index (χ1v) is 12.0. The van der Waals surface area contributed by atoms with E-state index >= 15 is 0 Å². The van der Waals surface area contributed by atoms with E-state index in [4.69, 9.17) is 42.1 Å². The van der Waals surface area contributed by atoms with Crippen molar-refractivity contribution in [1.29, 1.82) is 0 Å². The molecule has 0 aliphatic carbocycles. The summed E-state index contributed by atoms with van der Waals surface area (Å²) in [4.78, 5) is 36.9. The summed E-state index contributed by atoms with van der Waals surface area (Å²) in [6.07, 6.45) is 1.34. The average Bonchev–Trinajstić information content (AvgIpc) is 2.86. The number of halogens is 2. The fourth-order valence-corrected chi connectivity index (χ4v) is 4.23. The van der Waals surface area contributed by atoms with Gasteiger partial charge in [0.2, 0.25) is 0 Å². The topological polar surface area (TPSA) is 137 Å². The molecule has 1 aliphatic rings. The Bertz CT molecular complexity index is 1300. The molecule has 13 heteroatoms. The Kier molecular flexibility index (Phi) is 9.80. The predicted octanol–water partition coefficient (Wildman–Crippen LogP) is 3.73. The van der Waals surface area contributed by atoms with Crippen LogP contribution >= 0.6 is 23.2 Å². The number of hydrogen-bond acceptors (Lipinski definition) is 8. The number of urea groups is 1. The maximum atomic E-state index is 12.5. The quantitative estimate of drug-likeness (QED) is 0.227. The van der Waals surface area contributed by atoms with Crippen molar-refractivity contribution in [2.75, 3.05) is 27.4 Å². The molecule has 38 heavy (non-hydrogen) atoms. The second kappa shape index (κ2) is 13.0. The van der Waals surface area contributed by atoms with Crippen LogP contribution in [0.1, 0.15) is 31.0 Å². The summed E-state index contributed by atoms with van der Waals surface area (Å²) in [5.41, 5.74) is 4.01. The van der Waals surface area contributed by atoms with Crippen LogP contribution in [0.4, 0.5) is 4.79 Å². The Labute approximate surface area is 229 Å². The largest absolute Gasteiger partial charge is 0.495 e. The van der Waals surface area contributed by atoms with E-state index < -0.39 is 23.9 Å². The maximum absolute atomic E-state index is 12.5. The highest BCUT2D eigenvalue weighted by Crippen LogP contribution is 2.35. The molecule has 0 spiro atoms. The van der Waals surface area contributed by atoms with E-state index in [1.807, 2.05) is 0 Å². The van der Waals surface area contributed by atoms with Gasteiger partial charge in [0.1, 0.15) is 5.75 Å². The smallest absolute Gasteiger partial charge is 0.338 e. The van der Waals surface area contributed by atoms with Gasteiger partial charge < -0.3 is 29.6 Å². The highest BCUT2D eigenvalue weighted by Gasteiger charge is 2.32. The Hall–Kier alpha value is -3.96. The molecular weight excluding hydrogens is 539 g/mol. The number of benzene rings is 2. The first-order valence-electron chi connectivity index (χ1n) is 11.3. The Morgan fingerprint density at radius 1 is 1.13 bits per heavy atom. The van der Waals surface area contributed by atoms with Crippen LogP contribution < -0.4 is 30.3 Å². The third kappa shape index (κ3) is 6.87. The van der Waals surface area contributed by atoms with Crippen LogP contribution in [0.2, 0.25) is 10.0 Å². The molecule has 2 aromatic carbocycles. The third-order valence-electron chi connectivity index (χ3n) is 5.28. The summed E-state index contributed by atoms with van der Waals surface area (Å²) in [5.74, 6) is -0.204. The minimum absolute atomic E-state index is 0.179. The minimum atomic E-state index is -0.777. The van der Waals surface area contributed by atoms with Gasteiger partial charge in [0, 0.05) is 16.3 Å². The number of amides is 3. The lowest BCUT2D eigenvalue weighted by atomic mass is 9.95. The van der Waals surface area contributed by atoms with Crippen molar-refractivity contribution < 1.29 is 33.3 Å². The molecule has 0 bridgehead atoms. The molecule has 11 nitrogen and oxygen atoms in total. The van der Waals surface area contributed by atoms with E-state index in [2.05, 4.69) is 21.2 Å². The number of hydrazone groups is 1. The van der Waals surface area contributed by atoms with Crippen molar-refractivity contribution in [3.63, 3.8) is 0 Å². The van der Waals surface area contributed by atoms with Gasteiger partial charge in [-0.15, -0.1) is 0 Å². The molecule has 0 aromatic heterocycles. The van der Waals surface area contributed by atoms with Gasteiger partial charge in [0.25, 0.3) is 5.91 Å². The lowest BCUT2D eigenvalue weighted by Crippen LogP contribution is -2.45. The maximum Gasteiger partial charge on any atom is 0.338 e. The van der Waals surface area contributed by atoms with Crippen molar-refractivity contribution >= 4 is 47.3 Å². The summed E-state index contributed by atoms with van der Waals surface area (Å²) >= 11 is 12.1. The van der Waals surface area contributed by atoms with Crippen molar-refractivity contribution in [2.45, 2.75) is 19.9 Å². The first-order chi connectivity index (χ1) is 18.2. The molecule has 0 unspecified atom stereocenters. The van der Waals surface area contributed by atoms with Crippen molar-refractivity contribution in [3.8, 4) is 17.2 Å². The summed E-state index contributed by atoms with van der Waals surface area (Å²) in [6.45, 7) is 3.11. The zero-order valence-electron chi connectivity index (χ0n) is 21.0. The van der Waals surface area contributed by atoms with Crippen LogP contribution in [0.15, 0.2) is 46.7 Å². The Morgan fingerprint density at radius 3 is 2.58 bits per heavy atom. The molecule has 1 aliphatic heterocycles. The molecule has 3 amide bonds. The van der Waals surface area contributed by atoms with Crippen LogP contribution in [0, 0.1) is 0 Å². The van der Waals surface area contributed by atoms with Crippen molar-refractivity contribution in [3.05, 3.63) is 62.8 Å². The van der Waals surface area contributed by atoms with E-state index in [1.54, 1.807) is 38.1 Å². The standard InChI is InChI=1S/C25H26Cl2N4O7/c1-5-37-24(33)21-13(2)29-25(34)30-22(21)14-6-7-18(19(9-14)35-3)38-12-20(32)31-28-11-15-8-16(26)10-17(27)23(15)36-4/h6-11,22H,5,12H2,1-4H3,(H,31,32)(H2,29,30,34)/b28-11+/t22-/m1/s1. The lowest BCUT2D eigenvalue weighted by Gasteiger charge is -2.28. The van der Waals surface area contributed by atoms with Crippen LogP contribution in [0.5, 0.6) is 17.2 Å². The number of esters is 1. The number of carbonyl (C=O) groups is 3. The van der Waals surface area contributed by atoms with E-state index in [0.717, 1.165) is 0 Å². The zero-order chi connectivity index (χ0) is 27.8. The van der Waals surface area contributed by atoms with Crippen LogP contribution in [0.25, 0.3) is 0 Å². The monoisotopic (exact) mass is 564 g/mol. The molecule has 2 aromatic rings. The number of allylic oxidation sites excluding steroid dienone is 1. The molecule has 1 heterocycles. The number of nitrogens with zero attached hydrogens (tertiary/aromatic N) is 1. The summed E-state index contributed by atoms with van der Waals surface area (Å²) in [5, 5.41) is 9.86. The molecule has 202 valence electrons. The van der Waals surface area contributed by atoms with E-state index in [0.29, 0.717) is 32.6 Å². The normalized spacial score (nSPS) is 15.0. The fraction of sp³-hybridized carbons (Fsp3) is 0.280. The van der Waals surface area contributed by atoms with E-state index in [1.165, 1.54) is 26.5 Å². The molecule has 1 atom stereocenters. The summed E-state index contributed by atoms with van der Waals surface area (Å²) < 4.78 is 21.4. The average molecular weight is 565 g/mol. The molecule has 0 radical (unpaired) electrons. The number of ether oxygens (including phenoxy) is 4. The molecular formula is C25H26Cl2N4O7. The summed E-state index contributed by atoms with van der Waals surface area (Å²) in [7, 11) is 2.87. The highest BCUT2D eigenvalue weighted by molar-refractivity contribution is 6.36. The number of nitrogens with one attached hydrogen (secondary N) is 3. The minimum Gasteiger partial charge on any atom is -0.495 e. The first kappa shape index (κ1) is 28.6. The van der Waals surface area contributed by atoms with Gasteiger partial charge in [0.15, 0.2) is 18.1 Å². The van der Waals surface area contributed by atoms with Crippen molar-refractivity contribution in [1.82, 2.24) is 16.1 Å². The van der Waals surface area contributed by atoms with Gasteiger partial charge >= 0.3 is 12.0 Å². The van der Waals surface area contributed by atoms with Gasteiger partial charge in [-0.1, -0.05) is 29.3 Å². The lowest BCUT2D eigenvalue weighted by molar-refractivity contribution is -0.139. The van der Waals surface area contributed by atoms with E-state index in [-0.39, 0.29) is 30.3 Å². The number of carbonyl (C=O) groups excluding carboxylic acids is 3. The molecule has 3 N–H and O–H groups in total. The van der Waals surface area contributed by atoms with Gasteiger partial charge in [-0.2, -0.15) is 5.10 Å². The molecule has 0 saturated carbocycles. The van der Waals surface area contributed by atoms with Gasteiger partial charge in [-0.25, -0.2) is 15.0 Å². The van der Waals surface area contributed by atoms with Gasteiger partial charge in [-0.05, 0) is 43.7 Å². The predicted molar refractivity (Wildman–Crippen MR) is 141 cm³/mol. The third-order valence-corrected chi connectivity index (χ3v) is 5.78. The van der Waals surface area contributed by atoms with Crippen LogP contribution in [-0.4, -0.2) is 51.6 Å². The Morgan fingerprint density at radius 2 is 1.89 bits per heavy atom. The fourth-order valence-electron chi connectivity index (χ4n) is 3.65. The summed E-state index contributed by atoms with van der Waals surface area (Å²) in [6, 6.07) is 6.68. The number of rotatable bonds is 10. The Balaban J connectivity index is 1.70. The van der Waals surface area contributed by atoms with Crippen LogP contribution in [0.3, 0.4) is 0 Å². The highest BCUT2D eigenvalue weighted by atomic mass is 35.5. The molecule has 0 fully saturated rings. The number of methoxy groups -OCH3 is 2. The van der Waals surface area contributed by atoms with Crippen molar-refractivity contribution in [2.24, 2.45) is 5.10 Å². The molecule has 3 rings (SSSR count). The van der Waals surface area contributed by atoms with Crippen LogP contribution in [-0.2, 0) is 14.3 Å².